The Morgan fingerprint density at radius 3 is 2.48 bits per heavy atom. The summed E-state index contributed by atoms with van der Waals surface area (Å²) >= 11 is 0. The van der Waals surface area contributed by atoms with Gasteiger partial charge in [-0.2, -0.15) is 5.12 Å². The van der Waals surface area contributed by atoms with Crippen molar-refractivity contribution in [3.05, 3.63) is 48.5 Å². The van der Waals surface area contributed by atoms with Gasteiger partial charge in [-0.05, 0) is 52.0 Å². The highest BCUT2D eigenvalue weighted by atomic mass is 19.2. The summed E-state index contributed by atoms with van der Waals surface area (Å²) in [5, 5.41) is 5.90. The molecule has 2 aromatic rings. The minimum absolute atomic E-state index is 0.0555. The zero-order valence-corrected chi connectivity index (χ0v) is 18.6. The summed E-state index contributed by atoms with van der Waals surface area (Å²) in [6, 6.07) is 13.9. The molecule has 9 heteroatoms. The van der Waals surface area contributed by atoms with Gasteiger partial charge in [0, 0.05) is 18.8 Å². The maximum absolute atomic E-state index is 14.0. The van der Waals surface area contributed by atoms with Gasteiger partial charge >= 0.3 is 6.09 Å². The summed E-state index contributed by atoms with van der Waals surface area (Å²) in [5.41, 5.74) is 0.451. The average molecular weight is 432 g/mol. The van der Waals surface area contributed by atoms with E-state index in [1.165, 1.54) is 14.2 Å². The lowest BCUT2D eigenvalue weighted by Crippen LogP contribution is -2.29. The molecule has 1 amide bonds. The van der Waals surface area contributed by atoms with Crippen LogP contribution in [-0.2, 0) is 4.74 Å². The first-order chi connectivity index (χ1) is 14.6. The third-order valence-corrected chi connectivity index (χ3v) is 3.74. The van der Waals surface area contributed by atoms with Crippen molar-refractivity contribution >= 4 is 23.4 Å². The number of nitrogens with zero attached hydrogens (tertiary/aromatic N) is 2. The molecule has 2 N–H and O–H groups in total. The van der Waals surface area contributed by atoms with E-state index in [1.54, 1.807) is 70.2 Å². The molecule has 1 unspecified atom stereocenters. The lowest BCUT2D eigenvalue weighted by atomic mass is 10.2. The smallest absolute Gasteiger partial charge is 0.412 e. The van der Waals surface area contributed by atoms with Gasteiger partial charge in [0.05, 0.1) is 12.8 Å². The summed E-state index contributed by atoms with van der Waals surface area (Å²) < 4.78 is 30.3. The standard InChI is InChI=1S/C22H29FN4O4/c1-15(24-20(27(5)23)26-18-12-7-8-13-19(18)29-6)30-17-11-9-10-16(14-17)25-21(28)31-22(2,3)4/h7-15H,1-6H3,(H,24,26)(H,25,28). The molecule has 2 rings (SSSR count). The number of amides is 1. The van der Waals surface area contributed by atoms with Gasteiger partial charge < -0.3 is 19.5 Å². The van der Waals surface area contributed by atoms with Gasteiger partial charge in [0.2, 0.25) is 5.96 Å². The van der Waals surface area contributed by atoms with Crippen LogP contribution in [0.5, 0.6) is 11.5 Å². The number of anilines is 2. The molecule has 0 aliphatic rings. The second-order valence-corrected chi connectivity index (χ2v) is 7.63. The summed E-state index contributed by atoms with van der Waals surface area (Å²) in [7, 11) is 2.75. The van der Waals surface area contributed by atoms with Crippen LogP contribution >= 0.6 is 0 Å². The SMILES string of the molecule is COc1ccccc1N/C(=N/C(C)Oc1cccc(NC(=O)OC(C)(C)C)c1)N(C)F. The second kappa shape index (κ2) is 10.5. The highest BCUT2D eigenvalue weighted by Crippen LogP contribution is 2.24. The molecule has 0 fully saturated rings. The molecule has 0 heterocycles. The first kappa shape index (κ1) is 23.8. The van der Waals surface area contributed by atoms with Crippen LogP contribution in [0.1, 0.15) is 27.7 Å². The number of guanidine groups is 1. The summed E-state index contributed by atoms with van der Waals surface area (Å²) in [6.45, 7) is 7.01. The normalized spacial score (nSPS) is 12.5. The molecule has 0 spiro atoms. The van der Waals surface area contributed by atoms with E-state index in [4.69, 9.17) is 14.2 Å². The molecular formula is C22H29FN4O4. The minimum atomic E-state index is -0.729. The number of hydrogen-bond donors (Lipinski definition) is 2. The topological polar surface area (TPSA) is 84.4 Å². The number of methoxy groups -OCH3 is 1. The number of carbonyl (C=O) groups excluding carboxylic acids is 1. The van der Waals surface area contributed by atoms with E-state index in [9.17, 15) is 9.28 Å². The molecule has 31 heavy (non-hydrogen) atoms. The zero-order valence-electron chi connectivity index (χ0n) is 18.6. The van der Waals surface area contributed by atoms with Gasteiger partial charge in [0.15, 0.2) is 6.23 Å². The van der Waals surface area contributed by atoms with Crippen LogP contribution < -0.4 is 20.1 Å². The Kier molecular flexibility index (Phi) is 8.07. The third kappa shape index (κ3) is 8.04. The van der Waals surface area contributed by atoms with Gasteiger partial charge in [-0.25, -0.2) is 9.79 Å². The maximum Gasteiger partial charge on any atom is 0.412 e. The highest BCUT2D eigenvalue weighted by Gasteiger charge is 2.17. The predicted octanol–water partition coefficient (Wildman–Crippen LogP) is 5.05. The van der Waals surface area contributed by atoms with Crippen molar-refractivity contribution in [3.63, 3.8) is 0 Å². The lowest BCUT2D eigenvalue weighted by Gasteiger charge is -2.20. The number of carbonyl (C=O) groups is 1. The first-order valence-electron chi connectivity index (χ1n) is 9.71. The van der Waals surface area contributed by atoms with Crippen molar-refractivity contribution < 1.29 is 23.5 Å². The van der Waals surface area contributed by atoms with E-state index in [0.29, 0.717) is 28.0 Å². The molecule has 0 saturated heterocycles. The van der Waals surface area contributed by atoms with E-state index in [0.717, 1.165) is 0 Å². The van der Waals surface area contributed by atoms with Gasteiger partial charge in [0.25, 0.3) is 0 Å². The predicted molar refractivity (Wildman–Crippen MR) is 119 cm³/mol. The summed E-state index contributed by atoms with van der Waals surface area (Å²) in [5.74, 6) is 0.939. The number of halogens is 1. The van der Waals surface area contributed by atoms with Crippen molar-refractivity contribution in [1.29, 1.82) is 0 Å². The molecule has 2 aromatic carbocycles. The molecule has 1 atom stereocenters. The monoisotopic (exact) mass is 432 g/mol. The number of rotatable bonds is 6. The zero-order chi connectivity index (χ0) is 23.0. The number of hydrogen-bond acceptors (Lipinski definition) is 5. The van der Waals surface area contributed by atoms with Crippen molar-refractivity contribution in [2.75, 3.05) is 24.8 Å². The van der Waals surface area contributed by atoms with Gasteiger partial charge in [-0.1, -0.05) is 22.7 Å². The Balaban J connectivity index is 2.09. The first-order valence-corrected chi connectivity index (χ1v) is 9.71. The van der Waals surface area contributed by atoms with Crippen LogP contribution in [-0.4, -0.2) is 43.2 Å². The lowest BCUT2D eigenvalue weighted by molar-refractivity contribution is 0.0636. The van der Waals surface area contributed by atoms with Crippen LogP contribution in [0.3, 0.4) is 0 Å². The van der Waals surface area contributed by atoms with Crippen molar-refractivity contribution in [1.82, 2.24) is 5.12 Å². The third-order valence-electron chi connectivity index (χ3n) is 3.74. The molecule has 0 radical (unpaired) electrons. The summed E-state index contributed by atoms with van der Waals surface area (Å²) in [6.07, 6.45) is -1.30. The molecule has 0 aromatic heterocycles. The van der Waals surface area contributed by atoms with Gasteiger partial charge in [0.1, 0.15) is 17.1 Å². The number of para-hydroxylation sites is 2. The van der Waals surface area contributed by atoms with Gasteiger partial charge in [-0.3, -0.25) is 5.32 Å². The van der Waals surface area contributed by atoms with Crippen LogP contribution in [0, 0.1) is 0 Å². The molecule has 0 aliphatic heterocycles. The second-order valence-electron chi connectivity index (χ2n) is 7.63. The fraction of sp³-hybridized carbons (Fsp3) is 0.364. The van der Waals surface area contributed by atoms with Crippen molar-refractivity contribution in [2.45, 2.75) is 39.5 Å². The fourth-order valence-corrected chi connectivity index (χ4v) is 2.52. The van der Waals surface area contributed by atoms with Gasteiger partial charge in [-0.15, -0.1) is 0 Å². The van der Waals surface area contributed by atoms with Crippen LogP contribution in [0.15, 0.2) is 53.5 Å². The van der Waals surface area contributed by atoms with E-state index in [-0.39, 0.29) is 5.96 Å². The van der Waals surface area contributed by atoms with E-state index in [2.05, 4.69) is 15.6 Å². The van der Waals surface area contributed by atoms with E-state index < -0.39 is 17.9 Å². The number of aliphatic imine (C=N–C) groups is 1. The molecule has 0 saturated carbocycles. The number of ether oxygens (including phenoxy) is 3. The Hall–Kier alpha value is -3.49. The van der Waals surface area contributed by atoms with Crippen LogP contribution in [0.25, 0.3) is 0 Å². The quantitative estimate of drug-likeness (QED) is 0.377. The largest absolute Gasteiger partial charge is 0.495 e. The van der Waals surface area contributed by atoms with Crippen molar-refractivity contribution in [3.8, 4) is 11.5 Å². The Morgan fingerprint density at radius 1 is 1.13 bits per heavy atom. The summed E-state index contributed by atoms with van der Waals surface area (Å²) in [4.78, 5) is 16.2. The number of benzene rings is 2. The fourth-order valence-electron chi connectivity index (χ4n) is 2.52. The molecule has 0 aliphatic carbocycles. The Morgan fingerprint density at radius 2 is 1.84 bits per heavy atom. The van der Waals surface area contributed by atoms with Crippen molar-refractivity contribution in [2.24, 2.45) is 4.99 Å². The molecular weight excluding hydrogens is 403 g/mol. The Bertz CT molecular complexity index is 912. The Labute approximate surface area is 181 Å². The van der Waals surface area contributed by atoms with Crippen LogP contribution in [0.2, 0.25) is 0 Å². The minimum Gasteiger partial charge on any atom is -0.495 e. The molecule has 0 bridgehead atoms. The average Bonchev–Trinajstić information content (AvgIpc) is 2.66. The highest BCUT2D eigenvalue weighted by molar-refractivity contribution is 5.94. The maximum atomic E-state index is 14.0. The van der Waals surface area contributed by atoms with E-state index in [1.807, 2.05) is 6.07 Å². The van der Waals surface area contributed by atoms with E-state index >= 15 is 0 Å². The molecule has 168 valence electrons. The molecule has 8 nitrogen and oxygen atoms in total. The van der Waals surface area contributed by atoms with Crippen LogP contribution in [0.4, 0.5) is 20.7 Å². The number of nitrogens with one attached hydrogen (secondary N) is 2.